The molecule has 30 heavy (non-hydrogen) atoms. The van der Waals surface area contributed by atoms with Crippen LogP contribution in [0.2, 0.25) is 5.02 Å². The van der Waals surface area contributed by atoms with Gasteiger partial charge in [-0.1, -0.05) is 41.9 Å². The Kier molecular flexibility index (Phi) is 6.37. The fourth-order valence-corrected chi connectivity index (χ4v) is 3.40. The first-order valence-corrected chi connectivity index (χ1v) is 10.0. The molecule has 0 bridgehead atoms. The van der Waals surface area contributed by atoms with Crippen molar-refractivity contribution in [2.75, 3.05) is 0 Å². The number of amides is 1. The second-order valence-electron chi connectivity index (χ2n) is 8.17. The van der Waals surface area contributed by atoms with Crippen LogP contribution in [0.25, 0.3) is 10.9 Å². The van der Waals surface area contributed by atoms with Crippen molar-refractivity contribution in [1.82, 2.24) is 9.88 Å². The van der Waals surface area contributed by atoms with E-state index in [9.17, 15) is 14.7 Å². The number of para-hydroxylation sites is 1. The Balaban J connectivity index is 1.86. The van der Waals surface area contributed by atoms with Crippen LogP contribution in [0, 0.1) is 0 Å². The van der Waals surface area contributed by atoms with Crippen LogP contribution in [0.3, 0.4) is 0 Å². The summed E-state index contributed by atoms with van der Waals surface area (Å²) in [6, 6.07) is 14.3. The number of carbonyl (C=O) groups excluding carboxylic acids is 1. The molecule has 0 radical (unpaired) electrons. The third-order valence-electron chi connectivity index (χ3n) is 4.55. The number of carboxylic acids is 1. The first-order valence-electron chi connectivity index (χ1n) is 9.66. The Bertz CT molecular complexity index is 1050. The second kappa shape index (κ2) is 8.79. The number of aromatic nitrogens is 1. The molecule has 0 saturated carbocycles. The molecule has 0 aliphatic rings. The smallest absolute Gasteiger partial charge is 0.408 e. The maximum atomic E-state index is 12.1. The molecule has 1 atom stereocenters. The minimum atomic E-state index is -1.12. The van der Waals surface area contributed by atoms with Gasteiger partial charge in [0.2, 0.25) is 0 Å². The predicted molar refractivity (Wildman–Crippen MR) is 117 cm³/mol. The minimum Gasteiger partial charge on any atom is -0.480 e. The zero-order chi connectivity index (χ0) is 21.9. The van der Waals surface area contributed by atoms with Crippen LogP contribution >= 0.6 is 11.6 Å². The van der Waals surface area contributed by atoms with Crippen LogP contribution in [0.1, 0.15) is 31.9 Å². The molecule has 2 aromatic carbocycles. The van der Waals surface area contributed by atoms with Crippen LogP contribution in [0.4, 0.5) is 4.79 Å². The van der Waals surface area contributed by atoms with Gasteiger partial charge in [0.15, 0.2) is 0 Å². The number of nitrogens with zero attached hydrogens (tertiary/aromatic N) is 1. The van der Waals surface area contributed by atoms with Crippen molar-refractivity contribution in [2.24, 2.45) is 0 Å². The molecule has 0 saturated heterocycles. The highest BCUT2D eigenvalue weighted by molar-refractivity contribution is 6.30. The Morgan fingerprint density at radius 1 is 1.13 bits per heavy atom. The molecule has 6 nitrogen and oxygen atoms in total. The van der Waals surface area contributed by atoms with Crippen LogP contribution in [-0.4, -0.2) is 33.4 Å². The number of benzene rings is 2. The highest BCUT2D eigenvalue weighted by atomic mass is 35.5. The number of halogens is 1. The molecule has 0 aliphatic carbocycles. The van der Waals surface area contributed by atoms with E-state index in [1.165, 1.54) is 0 Å². The van der Waals surface area contributed by atoms with E-state index < -0.39 is 23.7 Å². The Morgan fingerprint density at radius 3 is 2.43 bits per heavy atom. The Labute approximate surface area is 180 Å². The lowest BCUT2D eigenvalue weighted by molar-refractivity contribution is -0.139. The van der Waals surface area contributed by atoms with Crippen molar-refractivity contribution >= 4 is 34.6 Å². The molecular weight excluding hydrogens is 404 g/mol. The molecule has 1 aromatic heterocycles. The molecule has 1 unspecified atom stereocenters. The van der Waals surface area contributed by atoms with E-state index in [-0.39, 0.29) is 6.42 Å². The molecule has 158 valence electrons. The summed E-state index contributed by atoms with van der Waals surface area (Å²) in [7, 11) is 0. The highest BCUT2D eigenvalue weighted by Crippen LogP contribution is 2.24. The molecule has 3 aromatic rings. The van der Waals surface area contributed by atoms with Gasteiger partial charge in [-0.3, -0.25) is 0 Å². The number of ether oxygens (including phenoxy) is 1. The molecule has 3 rings (SSSR count). The van der Waals surface area contributed by atoms with E-state index in [4.69, 9.17) is 16.3 Å². The van der Waals surface area contributed by atoms with Gasteiger partial charge >= 0.3 is 12.1 Å². The Hall–Kier alpha value is -2.99. The van der Waals surface area contributed by atoms with Crippen LogP contribution in [0.5, 0.6) is 0 Å². The first kappa shape index (κ1) is 21.7. The summed E-state index contributed by atoms with van der Waals surface area (Å²) in [6.45, 7) is 5.81. The number of nitrogens with one attached hydrogen (secondary N) is 1. The van der Waals surface area contributed by atoms with Gasteiger partial charge in [-0.15, -0.1) is 0 Å². The zero-order valence-electron chi connectivity index (χ0n) is 17.2. The molecular formula is C23H25ClN2O4. The maximum absolute atomic E-state index is 12.1. The highest BCUT2D eigenvalue weighted by Gasteiger charge is 2.25. The molecule has 7 heteroatoms. The number of hydrogen-bond donors (Lipinski definition) is 2. The van der Waals surface area contributed by atoms with Gasteiger partial charge in [-0.05, 0) is 50.1 Å². The standard InChI is InChI=1S/C23H25ClN2O4/c1-23(2,3)30-22(29)25-19(21(27)28)12-16-14-26(20-7-5-4-6-18(16)20)13-15-8-10-17(24)11-9-15/h4-11,14,19H,12-13H2,1-3H3,(H,25,29)(H,27,28). The van der Waals surface area contributed by atoms with Crippen molar-refractivity contribution in [3.05, 3.63) is 70.9 Å². The van der Waals surface area contributed by atoms with Crippen molar-refractivity contribution in [3.63, 3.8) is 0 Å². The molecule has 1 heterocycles. The monoisotopic (exact) mass is 428 g/mol. The van der Waals surface area contributed by atoms with E-state index in [2.05, 4.69) is 9.88 Å². The van der Waals surface area contributed by atoms with Crippen LogP contribution < -0.4 is 5.32 Å². The third-order valence-corrected chi connectivity index (χ3v) is 4.80. The quantitative estimate of drug-likeness (QED) is 0.587. The van der Waals surface area contributed by atoms with Crippen molar-refractivity contribution in [2.45, 2.75) is 45.4 Å². The lowest BCUT2D eigenvalue weighted by atomic mass is 10.1. The molecule has 0 aliphatic heterocycles. The first-order chi connectivity index (χ1) is 14.1. The average Bonchev–Trinajstić information content (AvgIpc) is 2.99. The lowest BCUT2D eigenvalue weighted by Crippen LogP contribution is -2.44. The molecule has 0 fully saturated rings. The van der Waals surface area contributed by atoms with Gasteiger partial charge in [-0.2, -0.15) is 0 Å². The fourth-order valence-electron chi connectivity index (χ4n) is 3.27. The SMILES string of the molecule is CC(C)(C)OC(=O)NC(Cc1cn(Cc2ccc(Cl)cc2)c2ccccc12)C(=O)O. The van der Waals surface area contributed by atoms with E-state index in [1.54, 1.807) is 20.8 Å². The Morgan fingerprint density at radius 2 is 1.80 bits per heavy atom. The summed E-state index contributed by atoms with van der Waals surface area (Å²) < 4.78 is 7.28. The average molecular weight is 429 g/mol. The summed E-state index contributed by atoms with van der Waals surface area (Å²) in [4.78, 5) is 23.9. The van der Waals surface area contributed by atoms with E-state index in [1.807, 2.05) is 54.7 Å². The summed E-state index contributed by atoms with van der Waals surface area (Å²) in [6.07, 6.45) is 1.33. The number of carbonyl (C=O) groups is 2. The minimum absolute atomic E-state index is 0.142. The third kappa shape index (κ3) is 5.54. The largest absolute Gasteiger partial charge is 0.480 e. The van der Waals surface area contributed by atoms with E-state index in [0.29, 0.717) is 11.6 Å². The molecule has 0 spiro atoms. The van der Waals surface area contributed by atoms with Crippen molar-refractivity contribution < 1.29 is 19.4 Å². The summed E-state index contributed by atoms with van der Waals surface area (Å²) >= 11 is 5.98. The van der Waals surface area contributed by atoms with Gasteiger partial charge in [0, 0.05) is 35.1 Å². The van der Waals surface area contributed by atoms with E-state index >= 15 is 0 Å². The molecule has 2 N–H and O–H groups in total. The van der Waals surface area contributed by atoms with Gasteiger partial charge in [-0.25, -0.2) is 9.59 Å². The lowest BCUT2D eigenvalue weighted by Gasteiger charge is -2.22. The number of alkyl carbamates (subject to hydrolysis) is 1. The summed E-state index contributed by atoms with van der Waals surface area (Å²) in [5.74, 6) is -1.12. The molecule has 1 amide bonds. The maximum Gasteiger partial charge on any atom is 0.408 e. The van der Waals surface area contributed by atoms with Crippen LogP contribution in [-0.2, 0) is 22.5 Å². The summed E-state index contributed by atoms with van der Waals surface area (Å²) in [5, 5.41) is 13.7. The van der Waals surface area contributed by atoms with Gasteiger partial charge in [0.25, 0.3) is 0 Å². The number of fused-ring (bicyclic) bond motifs is 1. The number of rotatable bonds is 6. The fraction of sp³-hybridized carbons (Fsp3) is 0.304. The van der Waals surface area contributed by atoms with E-state index in [0.717, 1.165) is 22.0 Å². The van der Waals surface area contributed by atoms with Gasteiger partial charge < -0.3 is 19.7 Å². The normalized spacial score (nSPS) is 12.5. The zero-order valence-corrected chi connectivity index (χ0v) is 17.9. The topological polar surface area (TPSA) is 80.6 Å². The predicted octanol–water partition coefficient (Wildman–Crippen LogP) is 4.86. The number of aliphatic carboxylic acids is 1. The van der Waals surface area contributed by atoms with Crippen LogP contribution in [0.15, 0.2) is 54.7 Å². The summed E-state index contributed by atoms with van der Waals surface area (Å²) in [5.41, 5.74) is 2.20. The van der Waals surface area contributed by atoms with Gasteiger partial charge in [0.05, 0.1) is 0 Å². The van der Waals surface area contributed by atoms with Crippen molar-refractivity contribution in [1.29, 1.82) is 0 Å². The number of carboxylic acid groups (broad SMARTS) is 1. The number of hydrogen-bond acceptors (Lipinski definition) is 3. The van der Waals surface area contributed by atoms with Gasteiger partial charge in [0.1, 0.15) is 11.6 Å². The van der Waals surface area contributed by atoms with Crippen molar-refractivity contribution in [3.8, 4) is 0 Å². The second-order valence-corrected chi connectivity index (χ2v) is 8.60.